The van der Waals surface area contributed by atoms with Crippen molar-refractivity contribution in [2.75, 3.05) is 0 Å². The molecule has 1 aromatic heterocycles. The molecule has 0 radical (unpaired) electrons. The van der Waals surface area contributed by atoms with E-state index in [0.717, 1.165) is 11.6 Å². The van der Waals surface area contributed by atoms with E-state index < -0.39 is 11.7 Å². The molecule has 0 aliphatic heterocycles. The van der Waals surface area contributed by atoms with Crippen LogP contribution in [0.2, 0.25) is 0 Å². The van der Waals surface area contributed by atoms with Crippen molar-refractivity contribution in [1.82, 2.24) is 5.32 Å². The van der Waals surface area contributed by atoms with Crippen LogP contribution in [0.3, 0.4) is 0 Å². The van der Waals surface area contributed by atoms with Crippen molar-refractivity contribution in [2.45, 2.75) is 25.7 Å². The summed E-state index contributed by atoms with van der Waals surface area (Å²) in [5, 5.41) is 7.22. The standard InChI is InChI=1S/C14H14F3NS/c1-10(18-8-11-5-6-19-9-11)12-3-2-4-13(7-12)14(15,16)17/h2-7,9-10,18H,8H2,1H3. The number of nitrogens with one attached hydrogen (secondary N) is 1. The zero-order valence-corrected chi connectivity index (χ0v) is 11.2. The van der Waals surface area contributed by atoms with Gasteiger partial charge in [-0.2, -0.15) is 24.5 Å². The minimum atomic E-state index is -4.29. The van der Waals surface area contributed by atoms with Gasteiger partial charge in [0.15, 0.2) is 0 Å². The van der Waals surface area contributed by atoms with E-state index in [-0.39, 0.29) is 6.04 Å². The molecule has 0 bridgehead atoms. The summed E-state index contributed by atoms with van der Waals surface area (Å²) in [6.07, 6.45) is -4.29. The van der Waals surface area contributed by atoms with E-state index in [1.807, 2.05) is 23.8 Å². The van der Waals surface area contributed by atoms with E-state index in [1.54, 1.807) is 17.4 Å². The van der Waals surface area contributed by atoms with Crippen molar-refractivity contribution < 1.29 is 13.2 Å². The van der Waals surface area contributed by atoms with Gasteiger partial charge >= 0.3 is 6.18 Å². The van der Waals surface area contributed by atoms with Crippen LogP contribution in [0.15, 0.2) is 41.1 Å². The highest BCUT2D eigenvalue weighted by atomic mass is 32.1. The van der Waals surface area contributed by atoms with Crippen LogP contribution >= 0.6 is 11.3 Å². The van der Waals surface area contributed by atoms with Gasteiger partial charge in [-0.25, -0.2) is 0 Å². The molecule has 0 aliphatic rings. The first kappa shape index (κ1) is 14.1. The smallest absolute Gasteiger partial charge is 0.306 e. The van der Waals surface area contributed by atoms with Crippen LogP contribution in [0, 0.1) is 0 Å². The number of hydrogen-bond acceptors (Lipinski definition) is 2. The summed E-state index contributed by atoms with van der Waals surface area (Å²) in [5.74, 6) is 0. The zero-order chi connectivity index (χ0) is 13.9. The SMILES string of the molecule is CC(NCc1ccsc1)c1cccc(C(F)(F)F)c1. The fraction of sp³-hybridized carbons (Fsp3) is 0.286. The molecule has 1 unspecified atom stereocenters. The van der Waals surface area contributed by atoms with Crippen molar-refractivity contribution in [2.24, 2.45) is 0 Å². The van der Waals surface area contributed by atoms with E-state index in [0.29, 0.717) is 12.1 Å². The normalized spacial score (nSPS) is 13.5. The van der Waals surface area contributed by atoms with Crippen LogP contribution in [0.5, 0.6) is 0 Å². The van der Waals surface area contributed by atoms with Crippen LogP contribution in [0.25, 0.3) is 0 Å². The molecule has 0 saturated carbocycles. The third-order valence-corrected chi connectivity index (χ3v) is 3.64. The van der Waals surface area contributed by atoms with Gasteiger partial charge in [-0.15, -0.1) is 0 Å². The summed E-state index contributed by atoms with van der Waals surface area (Å²) in [6, 6.07) is 7.32. The van der Waals surface area contributed by atoms with E-state index in [1.165, 1.54) is 12.1 Å². The Balaban J connectivity index is 2.04. The molecule has 102 valence electrons. The van der Waals surface area contributed by atoms with Gasteiger partial charge in [0, 0.05) is 12.6 Å². The van der Waals surface area contributed by atoms with Crippen LogP contribution in [-0.2, 0) is 12.7 Å². The van der Waals surface area contributed by atoms with Gasteiger partial charge in [-0.3, -0.25) is 0 Å². The Labute approximate surface area is 114 Å². The molecular formula is C14H14F3NS. The first-order chi connectivity index (χ1) is 8.97. The van der Waals surface area contributed by atoms with Gasteiger partial charge in [0.25, 0.3) is 0 Å². The fourth-order valence-corrected chi connectivity index (χ4v) is 2.43. The highest BCUT2D eigenvalue weighted by Gasteiger charge is 2.30. The molecule has 2 aromatic rings. The Morgan fingerprint density at radius 2 is 2.05 bits per heavy atom. The second-order valence-corrected chi connectivity index (χ2v) is 5.14. The van der Waals surface area contributed by atoms with Crippen molar-refractivity contribution in [1.29, 1.82) is 0 Å². The van der Waals surface area contributed by atoms with E-state index in [2.05, 4.69) is 5.32 Å². The fourth-order valence-electron chi connectivity index (χ4n) is 1.77. The second kappa shape index (κ2) is 5.75. The van der Waals surface area contributed by atoms with Crippen LogP contribution < -0.4 is 5.32 Å². The number of benzene rings is 1. The molecule has 0 aliphatic carbocycles. The minimum absolute atomic E-state index is 0.123. The summed E-state index contributed by atoms with van der Waals surface area (Å²) in [7, 11) is 0. The number of rotatable bonds is 4. The predicted octanol–water partition coefficient (Wildman–Crippen LogP) is 4.62. The maximum atomic E-state index is 12.6. The Bertz CT molecular complexity index is 520. The van der Waals surface area contributed by atoms with Crippen LogP contribution in [0.4, 0.5) is 13.2 Å². The van der Waals surface area contributed by atoms with E-state index in [9.17, 15) is 13.2 Å². The first-order valence-corrected chi connectivity index (χ1v) is 6.83. The molecule has 1 atom stereocenters. The second-order valence-electron chi connectivity index (χ2n) is 4.36. The average molecular weight is 285 g/mol. The Morgan fingerprint density at radius 3 is 2.68 bits per heavy atom. The third-order valence-electron chi connectivity index (χ3n) is 2.91. The summed E-state index contributed by atoms with van der Waals surface area (Å²) in [4.78, 5) is 0. The molecule has 1 N–H and O–H groups in total. The highest BCUT2D eigenvalue weighted by molar-refractivity contribution is 7.07. The maximum absolute atomic E-state index is 12.6. The molecule has 1 aromatic carbocycles. The van der Waals surface area contributed by atoms with E-state index in [4.69, 9.17) is 0 Å². The molecule has 2 rings (SSSR count). The topological polar surface area (TPSA) is 12.0 Å². The Kier molecular flexibility index (Phi) is 4.27. The molecule has 1 nitrogen and oxygen atoms in total. The molecule has 5 heteroatoms. The molecule has 0 spiro atoms. The quantitative estimate of drug-likeness (QED) is 0.864. The molecule has 0 saturated heterocycles. The predicted molar refractivity (Wildman–Crippen MR) is 71.0 cm³/mol. The van der Waals surface area contributed by atoms with Crippen LogP contribution in [-0.4, -0.2) is 0 Å². The minimum Gasteiger partial charge on any atom is -0.306 e. The molecule has 0 amide bonds. The third kappa shape index (κ3) is 3.81. The number of alkyl halides is 3. The highest BCUT2D eigenvalue weighted by Crippen LogP contribution is 2.30. The van der Waals surface area contributed by atoms with Gasteiger partial charge in [-0.05, 0) is 47.0 Å². The van der Waals surface area contributed by atoms with Gasteiger partial charge in [0.05, 0.1) is 5.56 Å². The molecular weight excluding hydrogens is 271 g/mol. The van der Waals surface area contributed by atoms with Gasteiger partial charge in [0.1, 0.15) is 0 Å². The van der Waals surface area contributed by atoms with Crippen molar-refractivity contribution in [3.8, 4) is 0 Å². The lowest BCUT2D eigenvalue weighted by Crippen LogP contribution is -2.18. The molecule has 0 fully saturated rings. The summed E-state index contributed by atoms with van der Waals surface area (Å²) < 4.78 is 37.9. The molecule has 19 heavy (non-hydrogen) atoms. The monoisotopic (exact) mass is 285 g/mol. The molecule has 1 heterocycles. The zero-order valence-electron chi connectivity index (χ0n) is 10.4. The Hall–Kier alpha value is -1.33. The average Bonchev–Trinajstić information content (AvgIpc) is 2.88. The summed E-state index contributed by atoms with van der Waals surface area (Å²) in [5.41, 5.74) is 1.18. The lowest BCUT2D eigenvalue weighted by atomic mass is 10.0. The number of halogens is 3. The van der Waals surface area contributed by atoms with Gasteiger partial charge in [0.2, 0.25) is 0 Å². The lowest BCUT2D eigenvalue weighted by molar-refractivity contribution is -0.137. The van der Waals surface area contributed by atoms with E-state index >= 15 is 0 Å². The maximum Gasteiger partial charge on any atom is 0.416 e. The largest absolute Gasteiger partial charge is 0.416 e. The first-order valence-electron chi connectivity index (χ1n) is 5.88. The van der Waals surface area contributed by atoms with Crippen molar-refractivity contribution in [3.05, 3.63) is 57.8 Å². The summed E-state index contributed by atoms with van der Waals surface area (Å²) >= 11 is 1.60. The summed E-state index contributed by atoms with van der Waals surface area (Å²) in [6.45, 7) is 2.52. The van der Waals surface area contributed by atoms with Crippen molar-refractivity contribution in [3.63, 3.8) is 0 Å². The number of hydrogen-bond donors (Lipinski definition) is 1. The lowest BCUT2D eigenvalue weighted by Gasteiger charge is -2.15. The van der Waals surface area contributed by atoms with Gasteiger partial charge in [-0.1, -0.05) is 12.1 Å². The number of thiophene rings is 1. The Morgan fingerprint density at radius 1 is 1.26 bits per heavy atom. The van der Waals surface area contributed by atoms with Crippen LogP contribution in [0.1, 0.15) is 29.7 Å². The van der Waals surface area contributed by atoms with Gasteiger partial charge < -0.3 is 5.32 Å². The van der Waals surface area contributed by atoms with Crippen molar-refractivity contribution >= 4 is 11.3 Å².